The molecule has 0 amide bonds. The fourth-order valence-corrected chi connectivity index (χ4v) is 3.98. The van der Waals surface area contributed by atoms with Crippen LogP contribution in [0, 0.1) is 11.3 Å². The second-order valence-corrected chi connectivity index (χ2v) is 7.41. The van der Waals surface area contributed by atoms with Crippen molar-refractivity contribution in [2.75, 3.05) is 0 Å². The van der Waals surface area contributed by atoms with E-state index in [0.717, 1.165) is 22.0 Å². The summed E-state index contributed by atoms with van der Waals surface area (Å²) >= 11 is 7.99. The molecule has 28 heavy (non-hydrogen) atoms. The average molecular weight is 403 g/mol. The van der Waals surface area contributed by atoms with E-state index in [2.05, 4.69) is 16.3 Å². The molecule has 0 saturated heterocycles. The molecule has 136 valence electrons. The minimum Gasteiger partial charge on any atom is -0.270 e. The maximum atomic E-state index is 9.10. The fourth-order valence-electron chi connectivity index (χ4n) is 2.87. The van der Waals surface area contributed by atoms with E-state index in [4.69, 9.17) is 16.9 Å². The lowest BCUT2D eigenvalue weighted by atomic mass is 10.2. The second-order valence-electron chi connectivity index (χ2n) is 6.06. The number of nitrogens with zero attached hydrogens (tertiary/aromatic N) is 4. The predicted octanol–water partition coefficient (Wildman–Crippen LogP) is 5.75. The van der Waals surface area contributed by atoms with Gasteiger partial charge >= 0.3 is 0 Å². The van der Waals surface area contributed by atoms with Crippen LogP contribution in [0.3, 0.4) is 0 Å². The number of aromatic nitrogens is 3. The zero-order valence-electron chi connectivity index (χ0n) is 14.8. The van der Waals surface area contributed by atoms with Crippen molar-refractivity contribution in [3.05, 3.63) is 95.0 Å². The van der Waals surface area contributed by atoms with Gasteiger partial charge in [0, 0.05) is 17.0 Å². The minimum atomic E-state index is 0.630. The Hall–Kier alpha value is -3.07. The Morgan fingerprint density at radius 3 is 2.50 bits per heavy atom. The van der Waals surface area contributed by atoms with Crippen molar-refractivity contribution in [1.82, 2.24) is 14.8 Å². The van der Waals surface area contributed by atoms with Crippen molar-refractivity contribution in [3.8, 4) is 23.1 Å². The van der Waals surface area contributed by atoms with Crippen LogP contribution >= 0.6 is 23.4 Å². The number of hydrogen-bond acceptors (Lipinski definition) is 4. The van der Waals surface area contributed by atoms with Gasteiger partial charge in [0.2, 0.25) is 0 Å². The Morgan fingerprint density at radius 2 is 1.71 bits per heavy atom. The fraction of sp³-hybridized carbons (Fsp3) is 0.0455. The van der Waals surface area contributed by atoms with Gasteiger partial charge in [-0.1, -0.05) is 65.8 Å². The minimum absolute atomic E-state index is 0.630. The van der Waals surface area contributed by atoms with E-state index in [9.17, 15) is 0 Å². The maximum Gasteiger partial charge on any atom is 0.196 e. The van der Waals surface area contributed by atoms with Gasteiger partial charge in [-0.3, -0.25) is 4.57 Å². The Labute approximate surface area is 172 Å². The van der Waals surface area contributed by atoms with Gasteiger partial charge in [0.25, 0.3) is 0 Å². The molecule has 0 aliphatic rings. The monoisotopic (exact) mass is 402 g/mol. The highest BCUT2D eigenvalue weighted by molar-refractivity contribution is 7.98. The third-order valence-corrected chi connectivity index (χ3v) is 5.52. The molecule has 0 unspecified atom stereocenters. The molecule has 0 fully saturated rings. The highest BCUT2D eigenvalue weighted by Gasteiger charge is 2.18. The van der Waals surface area contributed by atoms with Crippen LogP contribution in [0.15, 0.2) is 84.0 Å². The van der Waals surface area contributed by atoms with Crippen molar-refractivity contribution in [2.45, 2.75) is 10.9 Å². The average Bonchev–Trinajstić information content (AvgIpc) is 3.17. The molecular formula is C22H15ClN4S. The van der Waals surface area contributed by atoms with E-state index < -0.39 is 0 Å². The van der Waals surface area contributed by atoms with Crippen LogP contribution in [0.2, 0.25) is 5.02 Å². The Kier molecular flexibility index (Phi) is 5.43. The van der Waals surface area contributed by atoms with Gasteiger partial charge in [0.15, 0.2) is 11.0 Å². The van der Waals surface area contributed by atoms with Crippen LogP contribution in [0.1, 0.15) is 11.1 Å². The van der Waals surface area contributed by atoms with Gasteiger partial charge in [-0.25, -0.2) is 0 Å². The van der Waals surface area contributed by atoms with Crippen molar-refractivity contribution < 1.29 is 0 Å². The predicted molar refractivity (Wildman–Crippen MR) is 113 cm³/mol. The molecule has 0 N–H and O–H groups in total. The van der Waals surface area contributed by atoms with Gasteiger partial charge in [0.1, 0.15) is 0 Å². The van der Waals surface area contributed by atoms with E-state index in [1.54, 1.807) is 17.8 Å². The van der Waals surface area contributed by atoms with Crippen LogP contribution in [-0.2, 0) is 5.75 Å². The van der Waals surface area contributed by atoms with E-state index in [-0.39, 0.29) is 0 Å². The lowest BCUT2D eigenvalue weighted by Gasteiger charge is -2.11. The molecule has 1 aromatic heterocycles. The largest absolute Gasteiger partial charge is 0.270 e. The first-order valence-corrected chi connectivity index (χ1v) is 10.00. The standard InChI is InChI=1S/C22H15ClN4S/c23-20-12-5-4-11-19(20)21-25-26-22(27(21)18-9-2-1-3-10-18)28-15-17-8-6-7-16(13-17)14-24/h1-13H,15H2. The summed E-state index contributed by atoms with van der Waals surface area (Å²) < 4.78 is 2.01. The first-order chi connectivity index (χ1) is 13.8. The summed E-state index contributed by atoms with van der Waals surface area (Å²) in [6, 6.07) is 27.4. The zero-order chi connectivity index (χ0) is 19.3. The topological polar surface area (TPSA) is 54.5 Å². The first-order valence-electron chi connectivity index (χ1n) is 8.64. The molecule has 6 heteroatoms. The third kappa shape index (κ3) is 3.79. The molecule has 1 heterocycles. The summed E-state index contributed by atoms with van der Waals surface area (Å²) in [5.74, 6) is 1.38. The summed E-state index contributed by atoms with van der Waals surface area (Å²) in [6.45, 7) is 0. The number of para-hydroxylation sites is 1. The molecule has 4 rings (SSSR count). The number of halogens is 1. The van der Waals surface area contributed by atoms with Crippen molar-refractivity contribution in [1.29, 1.82) is 5.26 Å². The van der Waals surface area contributed by atoms with Gasteiger partial charge in [-0.05, 0) is 42.0 Å². The highest BCUT2D eigenvalue weighted by Crippen LogP contribution is 2.32. The zero-order valence-corrected chi connectivity index (χ0v) is 16.4. The number of nitriles is 1. The van der Waals surface area contributed by atoms with Crippen molar-refractivity contribution in [2.24, 2.45) is 0 Å². The van der Waals surface area contributed by atoms with Gasteiger partial charge in [-0.15, -0.1) is 10.2 Å². The van der Waals surface area contributed by atoms with Gasteiger partial charge < -0.3 is 0 Å². The molecule has 4 nitrogen and oxygen atoms in total. The number of benzene rings is 3. The van der Waals surface area contributed by atoms with Crippen LogP contribution in [-0.4, -0.2) is 14.8 Å². The summed E-state index contributed by atoms with van der Waals surface area (Å²) in [4.78, 5) is 0. The number of hydrogen-bond donors (Lipinski definition) is 0. The highest BCUT2D eigenvalue weighted by atomic mass is 35.5. The second kappa shape index (κ2) is 8.30. The first kappa shape index (κ1) is 18.3. The molecule has 0 aliphatic carbocycles. The van der Waals surface area contributed by atoms with Gasteiger partial charge in [0.05, 0.1) is 16.7 Å². The molecule has 3 aromatic carbocycles. The molecule has 0 radical (unpaired) electrons. The molecule has 0 bridgehead atoms. The third-order valence-electron chi connectivity index (χ3n) is 4.19. The van der Waals surface area contributed by atoms with Gasteiger partial charge in [-0.2, -0.15) is 5.26 Å². The van der Waals surface area contributed by atoms with E-state index in [0.29, 0.717) is 22.2 Å². The van der Waals surface area contributed by atoms with Crippen molar-refractivity contribution in [3.63, 3.8) is 0 Å². The van der Waals surface area contributed by atoms with E-state index >= 15 is 0 Å². The quantitative estimate of drug-likeness (QED) is 0.399. The van der Waals surface area contributed by atoms with Crippen molar-refractivity contribution >= 4 is 23.4 Å². The summed E-state index contributed by atoms with van der Waals surface area (Å²) in [6.07, 6.45) is 0. The SMILES string of the molecule is N#Cc1cccc(CSc2nnc(-c3ccccc3Cl)n2-c2ccccc2)c1. The summed E-state index contributed by atoms with van der Waals surface area (Å²) in [7, 11) is 0. The number of thioether (sulfide) groups is 1. The maximum absolute atomic E-state index is 9.10. The molecule has 4 aromatic rings. The normalized spacial score (nSPS) is 10.6. The molecule has 0 saturated carbocycles. The van der Waals surface area contributed by atoms with Crippen LogP contribution < -0.4 is 0 Å². The smallest absolute Gasteiger partial charge is 0.196 e. The Bertz CT molecular complexity index is 1150. The van der Waals surface area contributed by atoms with Crippen LogP contribution in [0.5, 0.6) is 0 Å². The Morgan fingerprint density at radius 1 is 0.929 bits per heavy atom. The van der Waals surface area contributed by atoms with Crippen LogP contribution in [0.4, 0.5) is 0 Å². The van der Waals surface area contributed by atoms with E-state index in [1.807, 2.05) is 77.4 Å². The molecule has 0 atom stereocenters. The molecule has 0 aliphatic heterocycles. The lowest BCUT2D eigenvalue weighted by Crippen LogP contribution is -2.00. The molecule has 0 spiro atoms. The van der Waals surface area contributed by atoms with E-state index in [1.165, 1.54) is 0 Å². The summed E-state index contributed by atoms with van der Waals surface area (Å²) in [5, 5.41) is 19.3. The Balaban J connectivity index is 1.73. The lowest BCUT2D eigenvalue weighted by molar-refractivity contribution is 0.886. The number of rotatable bonds is 5. The summed E-state index contributed by atoms with van der Waals surface area (Å²) in [5.41, 5.74) is 3.51. The van der Waals surface area contributed by atoms with Crippen LogP contribution in [0.25, 0.3) is 17.1 Å². The molecular weight excluding hydrogens is 388 g/mol.